The molecule has 0 unspecified atom stereocenters. The Labute approximate surface area is 211 Å². The Hall–Kier alpha value is -3.91. The minimum atomic E-state index is 0.0999. The quantitative estimate of drug-likeness (QED) is 0.374. The number of nitrogen functional groups attached to an aromatic ring is 1. The van der Waals surface area contributed by atoms with Gasteiger partial charge in [0.2, 0.25) is 5.91 Å². The van der Waals surface area contributed by atoms with Crippen LogP contribution in [0, 0.1) is 0 Å². The highest BCUT2D eigenvalue weighted by Gasteiger charge is 2.34. The Morgan fingerprint density at radius 1 is 1.03 bits per heavy atom. The Bertz CT molecular complexity index is 1330. The van der Waals surface area contributed by atoms with Gasteiger partial charge in [0.15, 0.2) is 0 Å². The van der Waals surface area contributed by atoms with Crippen molar-refractivity contribution in [2.45, 2.75) is 26.3 Å². The van der Waals surface area contributed by atoms with Crippen molar-refractivity contribution < 1.29 is 9.53 Å². The molecule has 0 aliphatic carbocycles. The number of hydrogen-bond acceptors (Lipinski definition) is 6. The van der Waals surface area contributed by atoms with E-state index >= 15 is 0 Å². The van der Waals surface area contributed by atoms with E-state index in [4.69, 9.17) is 15.6 Å². The number of para-hydroxylation sites is 1. The molecule has 5 rings (SSSR count). The van der Waals surface area contributed by atoms with Crippen molar-refractivity contribution in [2.75, 3.05) is 38.5 Å². The third kappa shape index (κ3) is 4.77. The predicted molar refractivity (Wildman–Crippen MR) is 142 cm³/mol. The van der Waals surface area contributed by atoms with E-state index in [-0.39, 0.29) is 11.9 Å². The van der Waals surface area contributed by atoms with Crippen LogP contribution in [-0.4, -0.2) is 63.2 Å². The zero-order chi connectivity index (χ0) is 25.1. The van der Waals surface area contributed by atoms with Gasteiger partial charge in [0.1, 0.15) is 17.2 Å². The summed E-state index contributed by atoms with van der Waals surface area (Å²) < 4.78 is 7.92. The number of aromatic nitrogens is 3. The van der Waals surface area contributed by atoms with Crippen LogP contribution in [0.5, 0.6) is 11.5 Å². The number of carbonyl (C=O) groups excluding carboxylic acids is 1. The fraction of sp³-hybridized carbons (Fsp3) is 0.321. The van der Waals surface area contributed by atoms with E-state index in [0.717, 1.165) is 53.3 Å². The van der Waals surface area contributed by atoms with Crippen LogP contribution in [0.25, 0.3) is 22.2 Å². The highest BCUT2D eigenvalue weighted by atomic mass is 16.5. The summed E-state index contributed by atoms with van der Waals surface area (Å²) in [6.45, 7) is 8.25. The molecule has 2 aromatic carbocycles. The average molecular weight is 485 g/mol. The van der Waals surface area contributed by atoms with Crippen LogP contribution < -0.4 is 10.5 Å². The maximum atomic E-state index is 12.7. The second-order valence-electron chi connectivity index (χ2n) is 9.08. The number of anilines is 1. The molecule has 1 aliphatic rings. The predicted octanol–water partition coefficient (Wildman–Crippen LogP) is 4.59. The smallest absolute Gasteiger partial charge is 0.224 e. The van der Waals surface area contributed by atoms with E-state index in [1.807, 2.05) is 64.2 Å². The van der Waals surface area contributed by atoms with Crippen LogP contribution in [0.15, 0.2) is 67.0 Å². The number of amides is 1. The second-order valence-corrected chi connectivity index (χ2v) is 9.08. The fourth-order valence-corrected chi connectivity index (χ4v) is 4.66. The third-order valence-electron chi connectivity index (χ3n) is 6.85. The van der Waals surface area contributed by atoms with Gasteiger partial charge in [-0.2, -0.15) is 5.10 Å². The van der Waals surface area contributed by atoms with Crippen molar-refractivity contribution in [3.63, 3.8) is 0 Å². The first-order valence-corrected chi connectivity index (χ1v) is 12.5. The minimum Gasteiger partial charge on any atom is -0.457 e. The van der Waals surface area contributed by atoms with Gasteiger partial charge in [0, 0.05) is 31.6 Å². The van der Waals surface area contributed by atoms with Gasteiger partial charge in [-0.15, -0.1) is 0 Å². The van der Waals surface area contributed by atoms with Crippen molar-refractivity contribution >= 4 is 22.5 Å². The van der Waals surface area contributed by atoms with Gasteiger partial charge in [-0.3, -0.25) is 14.5 Å². The molecule has 1 amide bonds. The highest BCUT2D eigenvalue weighted by molar-refractivity contribution is 6.01. The summed E-state index contributed by atoms with van der Waals surface area (Å²) in [5, 5.41) is 5.84. The number of rotatable bonds is 9. The molecule has 186 valence electrons. The van der Waals surface area contributed by atoms with E-state index in [1.165, 1.54) is 0 Å². The molecule has 1 saturated heterocycles. The molecule has 4 aromatic rings. The fourth-order valence-electron chi connectivity index (χ4n) is 4.66. The molecule has 8 nitrogen and oxygen atoms in total. The van der Waals surface area contributed by atoms with Gasteiger partial charge < -0.3 is 20.3 Å². The number of nitrogens with two attached hydrogens (primary N) is 1. The summed E-state index contributed by atoms with van der Waals surface area (Å²) in [5.74, 6) is 1.74. The number of pyridine rings is 1. The van der Waals surface area contributed by atoms with Crippen LogP contribution in [0.3, 0.4) is 0 Å². The first-order valence-electron chi connectivity index (χ1n) is 12.5. The van der Waals surface area contributed by atoms with Gasteiger partial charge in [0.25, 0.3) is 0 Å². The molecule has 2 N–H and O–H groups in total. The van der Waals surface area contributed by atoms with E-state index in [0.29, 0.717) is 25.2 Å². The molecular weight excluding hydrogens is 452 g/mol. The number of likely N-dealkylation sites (tertiary alicyclic amines) is 1. The lowest BCUT2D eigenvalue weighted by Crippen LogP contribution is -2.51. The topological polar surface area (TPSA) is 89.5 Å². The molecule has 1 fully saturated rings. The van der Waals surface area contributed by atoms with Crippen molar-refractivity contribution in [2.24, 2.45) is 0 Å². The molecule has 3 heterocycles. The summed E-state index contributed by atoms with van der Waals surface area (Å²) in [6, 6.07) is 17.7. The SMILES string of the molecule is CCN(CC)CCC(=O)N1CC(n2nc(-c3ccc(Oc4ccccc4)cc3)c3c(N)cncc32)C1. The Kier molecular flexibility index (Phi) is 6.86. The van der Waals surface area contributed by atoms with Crippen molar-refractivity contribution in [1.82, 2.24) is 24.6 Å². The summed E-state index contributed by atoms with van der Waals surface area (Å²) in [4.78, 5) is 21.2. The standard InChI is InChI=1S/C28H32N6O2/c1-3-32(4-2)15-14-26(35)33-18-21(19-33)34-25-17-30-16-24(29)27(25)28(31-34)20-10-12-23(13-11-20)36-22-8-6-5-7-9-22/h5-13,16-17,21H,3-4,14-15,18-19,29H2,1-2H3. The van der Waals surface area contributed by atoms with Crippen LogP contribution in [0.4, 0.5) is 5.69 Å². The third-order valence-corrected chi connectivity index (χ3v) is 6.85. The number of benzene rings is 2. The van der Waals surface area contributed by atoms with Crippen LogP contribution >= 0.6 is 0 Å². The lowest BCUT2D eigenvalue weighted by atomic mass is 10.1. The Morgan fingerprint density at radius 2 is 1.72 bits per heavy atom. The Balaban J connectivity index is 1.34. The lowest BCUT2D eigenvalue weighted by molar-refractivity contribution is -0.137. The van der Waals surface area contributed by atoms with Gasteiger partial charge in [-0.25, -0.2) is 0 Å². The average Bonchev–Trinajstić information content (AvgIpc) is 3.25. The summed E-state index contributed by atoms with van der Waals surface area (Å²) in [6.07, 6.45) is 4.01. The maximum absolute atomic E-state index is 12.7. The molecule has 1 aliphatic heterocycles. The number of nitrogens with zero attached hydrogens (tertiary/aromatic N) is 5. The van der Waals surface area contributed by atoms with E-state index in [1.54, 1.807) is 12.4 Å². The maximum Gasteiger partial charge on any atom is 0.224 e. The van der Waals surface area contributed by atoms with E-state index in [2.05, 4.69) is 23.7 Å². The lowest BCUT2D eigenvalue weighted by Gasteiger charge is -2.39. The molecule has 0 saturated carbocycles. The molecule has 2 aromatic heterocycles. The van der Waals surface area contributed by atoms with Crippen molar-refractivity contribution in [3.8, 4) is 22.8 Å². The zero-order valence-electron chi connectivity index (χ0n) is 20.8. The van der Waals surface area contributed by atoms with Gasteiger partial charge in [-0.1, -0.05) is 32.0 Å². The van der Waals surface area contributed by atoms with E-state index < -0.39 is 0 Å². The Morgan fingerprint density at radius 3 is 2.42 bits per heavy atom. The van der Waals surface area contributed by atoms with Gasteiger partial charge in [-0.05, 0) is 49.5 Å². The normalized spacial score (nSPS) is 13.8. The van der Waals surface area contributed by atoms with Gasteiger partial charge in [0.05, 0.1) is 35.0 Å². The van der Waals surface area contributed by atoms with Crippen LogP contribution in [0.2, 0.25) is 0 Å². The number of carbonyl (C=O) groups is 1. The molecule has 0 spiro atoms. The van der Waals surface area contributed by atoms with Crippen LogP contribution in [0.1, 0.15) is 26.3 Å². The number of ether oxygens (including phenoxy) is 1. The summed E-state index contributed by atoms with van der Waals surface area (Å²) >= 11 is 0. The van der Waals surface area contributed by atoms with Gasteiger partial charge >= 0.3 is 0 Å². The molecule has 0 atom stereocenters. The molecule has 36 heavy (non-hydrogen) atoms. The first-order chi connectivity index (χ1) is 17.6. The van der Waals surface area contributed by atoms with Crippen LogP contribution in [-0.2, 0) is 4.79 Å². The zero-order valence-corrected chi connectivity index (χ0v) is 20.8. The molecule has 0 radical (unpaired) electrons. The molecule has 8 heteroatoms. The largest absolute Gasteiger partial charge is 0.457 e. The summed E-state index contributed by atoms with van der Waals surface area (Å²) in [5.41, 5.74) is 9.59. The van der Waals surface area contributed by atoms with Crippen molar-refractivity contribution in [3.05, 3.63) is 67.0 Å². The first kappa shape index (κ1) is 23.8. The number of fused-ring (bicyclic) bond motifs is 1. The highest BCUT2D eigenvalue weighted by Crippen LogP contribution is 2.36. The molecular formula is C28H32N6O2. The van der Waals surface area contributed by atoms with E-state index in [9.17, 15) is 4.79 Å². The number of hydrogen-bond donors (Lipinski definition) is 1. The minimum absolute atomic E-state index is 0.0999. The second kappa shape index (κ2) is 10.4. The summed E-state index contributed by atoms with van der Waals surface area (Å²) in [7, 11) is 0. The molecule has 0 bridgehead atoms. The van der Waals surface area contributed by atoms with Crippen molar-refractivity contribution in [1.29, 1.82) is 0 Å². The monoisotopic (exact) mass is 484 g/mol.